The molecule has 0 saturated carbocycles. The summed E-state index contributed by atoms with van der Waals surface area (Å²) in [5, 5.41) is 17.9. The van der Waals surface area contributed by atoms with E-state index in [2.05, 4.69) is 9.97 Å². The minimum Gasteiger partial charge on any atom is -0.395 e. The lowest BCUT2D eigenvalue weighted by atomic mass is 10.4. The third-order valence-corrected chi connectivity index (χ3v) is 2.09. The number of anilines is 2. The second-order valence-corrected chi connectivity index (χ2v) is 3.54. The molecular weight excluding hydrogens is 208 g/mol. The zero-order valence-electron chi connectivity index (χ0n) is 9.67. The molecule has 1 rings (SSSR count). The van der Waals surface area contributed by atoms with Gasteiger partial charge in [0, 0.05) is 33.4 Å². The van der Waals surface area contributed by atoms with Crippen LogP contribution in [0.2, 0.25) is 0 Å². The predicted octanol–water partition coefficient (Wildman–Crippen LogP) is -0.666. The molecule has 0 aliphatic rings. The molecule has 0 aliphatic carbocycles. The number of rotatable bonds is 6. The van der Waals surface area contributed by atoms with E-state index in [1.807, 2.05) is 19.0 Å². The van der Waals surface area contributed by atoms with E-state index in [1.54, 1.807) is 17.2 Å². The Bertz CT molecular complexity index is 313. The molecule has 0 amide bonds. The topological polar surface area (TPSA) is 72.7 Å². The Morgan fingerprint density at radius 3 is 2.31 bits per heavy atom. The molecule has 0 aliphatic heterocycles. The van der Waals surface area contributed by atoms with Crippen molar-refractivity contribution in [2.24, 2.45) is 0 Å². The fourth-order valence-electron chi connectivity index (χ4n) is 1.31. The van der Waals surface area contributed by atoms with E-state index >= 15 is 0 Å². The molecule has 0 aromatic carbocycles. The molecule has 16 heavy (non-hydrogen) atoms. The fraction of sp³-hybridized carbons (Fsp3) is 0.600. The zero-order chi connectivity index (χ0) is 12.0. The summed E-state index contributed by atoms with van der Waals surface area (Å²) < 4.78 is 0. The summed E-state index contributed by atoms with van der Waals surface area (Å²) in [6.07, 6.45) is 1.67. The van der Waals surface area contributed by atoms with Gasteiger partial charge in [-0.25, -0.2) is 4.98 Å². The highest BCUT2D eigenvalue weighted by atomic mass is 16.3. The van der Waals surface area contributed by atoms with Crippen LogP contribution in [0.3, 0.4) is 0 Å². The maximum atomic E-state index is 8.93. The van der Waals surface area contributed by atoms with Crippen molar-refractivity contribution in [3.05, 3.63) is 12.3 Å². The number of aliphatic hydroxyl groups is 2. The second kappa shape index (κ2) is 6.24. The minimum absolute atomic E-state index is 0.0291. The van der Waals surface area contributed by atoms with Gasteiger partial charge in [0.1, 0.15) is 5.82 Å². The summed E-state index contributed by atoms with van der Waals surface area (Å²) in [5.41, 5.74) is 0. The highest BCUT2D eigenvalue weighted by molar-refractivity contribution is 5.43. The molecule has 6 heteroatoms. The van der Waals surface area contributed by atoms with E-state index < -0.39 is 0 Å². The average molecular weight is 226 g/mol. The van der Waals surface area contributed by atoms with Gasteiger partial charge in [-0.05, 0) is 6.07 Å². The van der Waals surface area contributed by atoms with Gasteiger partial charge in [0.05, 0.1) is 13.2 Å². The van der Waals surface area contributed by atoms with E-state index in [1.165, 1.54) is 0 Å². The van der Waals surface area contributed by atoms with Crippen molar-refractivity contribution in [3.8, 4) is 0 Å². The Morgan fingerprint density at radius 1 is 1.19 bits per heavy atom. The maximum Gasteiger partial charge on any atom is 0.226 e. The molecule has 0 saturated heterocycles. The number of aliphatic hydroxyl groups excluding tert-OH is 2. The van der Waals surface area contributed by atoms with Crippen LogP contribution < -0.4 is 9.80 Å². The maximum absolute atomic E-state index is 8.93. The van der Waals surface area contributed by atoms with Gasteiger partial charge in [-0.3, -0.25) is 0 Å². The number of hydrogen-bond acceptors (Lipinski definition) is 6. The van der Waals surface area contributed by atoms with Crippen molar-refractivity contribution in [3.63, 3.8) is 0 Å². The molecule has 0 bridgehead atoms. The standard InChI is InChI=1S/C10H18N4O2/c1-13(2)10-11-4-3-9(12-10)14(5-7-15)6-8-16/h3-4,15-16H,5-8H2,1-2H3. The molecule has 1 aromatic rings. The molecule has 0 atom stereocenters. The van der Waals surface area contributed by atoms with Crippen LogP contribution in [0.4, 0.5) is 11.8 Å². The Hall–Kier alpha value is -1.40. The van der Waals surface area contributed by atoms with Gasteiger partial charge in [-0.1, -0.05) is 0 Å². The first-order valence-electron chi connectivity index (χ1n) is 5.16. The molecule has 0 radical (unpaired) electrons. The first-order valence-corrected chi connectivity index (χ1v) is 5.16. The van der Waals surface area contributed by atoms with Gasteiger partial charge in [-0.2, -0.15) is 4.98 Å². The van der Waals surface area contributed by atoms with Crippen molar-refractivity contribution >= 4 is 11.8 Å². The van der Waals surface area contributed by atoms with Crippen LogP contribution in [0.15, 0.2) is 12.3 Å². The Balaban J connectivity index is 2.86. The average Bonchev–Trinajstić information content (AvgIpc) is 2.29. The van der Waals surface area contributed by atoms with Gasteiger partial charge in [0.15, 0.2) is 0 Å². The van der Waals surface area contributed by atoms with Gasteiger partial charge in [-0.15, -0.1) is 0 Å². The molecular formula is C10H18N4O2. The second-order valence-electron chi connectivity index (χ2n) is 3.54. The Labute approximate surface area is 95.2 Å². The monoisotopic (exact) mass is 226 g/mol. The zero-order valence-corrected chi connectivity index (χ0v) is 9.67. The molecule has 0 spiro atoms. The largest absolute Gasteiger partial charge is 0.395 e. The van der Waals surface area contributed by atoms with Gasteiger partial charge in [0.25, 0.3) is 0 Å². The Morgan fingerprint density at radius 2 is 1.81 bits per heavy atom. The Kier molecular flexibility index (Phi) is 4.94. The number of aromatic nitrogens is 2. The summed E-state index contributed by atoms with van der Waals surface area (Å²) in [6.45, 7) is 0.956. The fourth-order valence-corrected chi connectivity index (χ4v) is 1.31. The highest BCUT2D eigenvalue weighted by Gasteiger charge is 2.08. The number of hydrogen-bond donors (Lipinski definition) is 2. The first-order chi connectivity index (χ1) is 7.69. The van der Waals surface area contributed by atoms with Crippen LogP contribution in [-0.2, 0) is 0 Å². The van der Waals surface area contributed by atoms with E-state index in [0.717, 1.165) is 0 Å². The van der Waals surface area contributed by atoms with Crippen molar-refractivity contribution in [1.29, 1.82) is 0 Å². The van der Waals surface area contributed by atoms with Crippen LogP contribution in [-0.4, -0.2) is 60.6 Å². The van der Waals surface area contributed by atoms with Crippen molar-refractivity contribution < 1.29 is 10.2 Å². The molecule has 90 valence electrons. The van der Waals surface area contributed by atoms with Crippen LogP contribution in [0.1, 0.15) is 0 Å². The molecule has 1 aromatic heterocycles. The minimum atomic E-state index is 0.0291. The van der Waals surface area contributed by atoms with Crippen molar-refractivity contribution in [2.45, 2.75) is 0 Å². The van der Waals surface area contributed by atoms with E-state index in [0.29, 0.717) is 24.9 Å². The van der Waals surface area contributed by atoms with Gasteiger partial charge in [0.2, 0.25) is 5.95 Å². The van der Waals surface area contributed by atoms with Crippen LogP contribution in [0, 0.1) is 0 Å². The van der Waals surface area contributed by atoms with Crippen molar-refractivity contribution in [2.75, 3.05) is 50.2 Å². The normalized spacial score (nSPS) is 10.2. The summed E-state index contributed by atoms with van der Waals surface area (Å²) >= 11 is 0. The molecule has 2 N–H and O–H groups in total. The first kappa shape index (κ1) is 12.7. The predicted molar refractivity (Wildman–Crippen MR) is 62.7 cm³/mol. The smallest absolute Gasteiger partial charge is 0.226 e. The highest BCUT2D eigenvalue weighted by Crippen LogP contribution is 2.12. The summed E-state index contributed by atoms with van der Waals surface area (Å²) in [5.74, 6) is 1.32. The lowest BCUT2D eigenvalue weighted by molar-refractivity contribution is 0.280. The summed E-state index contributed by atoms with van der Waals surface area (Å²) in [6, 6.07) is 1.76. The third-order valence-electron chi connectivity index (χ3n) is 2.09. The van der Waals surface area contributed by atoms with Crippen molar-refractivity contribution in [1.82, 2.24) is 9.97 Å². The third kappa shape index (κ3) is 3.32. The van der Waals surface area contributed by atoms with Crippen LogP contribution in [0.25, 0.3) is 0 Å². The lowest BCUT2D eigenvalue weighted by Crippen LogP contribution is -2.31. The summed E-state index contributed by atoms with van der Waals surface area (Å²) in [7, 11) is 3.73. The van der Waals surface area contributed by atoms with Gasteiger partial charge < -0.3 is 20.0 Å². The molecule has 6 nitrogen and oxygen atoms in total. The molecule has 1 heterocycles. The van der Waals surface area contributed by atoms with E-state index in [-0.39, 0.29) is 13.2 Å². The summed E-state index contributed by atoms with van der Waals surface area (Å²) in [4.78, 5) is 12.1. The molecule has 0 unspecified atom stereocenters. The van der Waals surface area contributed by atoms with Crippen LogP contribution >= 0.6 is 0 Å². The lowest BCUT2D eigenvalue weighted by Gasteiger charge is -2.22. The van der Waals surface area contributed by atoms with E-state index in [9.17, 15) is 0 Å². The molecule has 0 fully saturated rings. The van der Waals surface area contributed by atoms with Gasteiger partial charge >= 0.3 is 0 Å². The SMILES string of the molecule is CN(C)c1nccc(N(CCO)CCO)n1. The number of nitrogens with zero attached hydrogens (tertiary/aromatic N) is 4. The van der Waals surface area contributed by atoms with E-state index in [4.69, 9.17) is 10.2 Å². The quantitative estimate of drug-likeness (QED) is 0.670. The van der Waals surface area contributed by atoms with Crippen LogP contribution in [0.5, 0.6) is 0 Å².